The Morgan fingerprint density at radius 1 is 1.43 bits per heavy atom. The van der Waals surface area contributed by atoms with Crippen LogP contribution in [0.15, 0.2) is 0 Å². The number of nitrogen functional groups attached to an aromatic ring is 1. The third kappa shape index (κ3) is 4.21. The molecule has 0 radical (unpaired) electrons. The van der Waals surface area contributed by atoms with E-state index < -0.39 is 12.1 Å². The van der Waals surface area contributed by atoms with Gasteiger partial charge in [-0.3, -0.25) is 9.48 Å². The summed E-state index contributed by atoms with van der Waals surface area (Å²) >= 11 is 0. The van der Waals surface area contributed by atoms with E-state index in [0.29, 0.717) is 5.69 Å². The Labute approximate surface area is 124 Å². The number of rotatable bonds is 6. The van der Waals surface area contributed by atoms with E-state index in [4.69, 9.17) is 10.5 Å². The van der Waals surface area contributed by atoms with Crippen molar-refractivity contribution >= 4 is 17.6 Å². The molecule has 1 rings (SSSR count). The van der Waals surface area contributed by atoms with E-state index in [-0.39, 0.29) is 23.3 Å². The smallest absolute Gasteiger partial charge is 0.359 e. The predicted octanol–water partition coefficient (Wildman–Crippen LogP) is 1.16. The van der Waals surface area contributed by atoms with E-state index in [1.807, 2.05) is 13.8 Å². The molecule has 0 spiro atoms. The molecule has 0 aromatic carbocycles. The van der Waals surface area contributed by atoms with Crippen molar-refractivity contribution in [2.75, 3.05) is 5.73 Å². The van der Waals surface area contributed by atoms with E-state index in [2.05, 4.69) is 10.4 Å². The van der Waals surface area contributed by atoms with Crippen LogP contribution in [0.3, 0.4) is 0 Å². The number of aromatic nitrogens is 2. The van der Waals surface area contributed by atoms with Gasteiger partial charge in [0.15, 0.2) is 11.8 Å². The summed E-state index contributed by atoms with van der Waals surface area (Å²) in [6, 6.07) is 0.0488. The second kappa shape index (κ2) is 7.10. The van der Waals surface area contributed by atoms with Crippen molar-refractivity contribution in [2.24, 2.45) is 7.05 Å². The molecule has 2 unspecified atom stereocenters. The number of hydrogen-bond donors (Lipinski definition) is 2. The highest BCUT2D eigenvalue weighted by Crippen LogP contribution is 2.17. The average Bonchev–Trinajstić information content (AvgIpc) is 2.63. The van der Waals surface area contributed by atoms with E-state index in [1.54, 1.807) is 14.0 Å². The molecule has 0 aliphatic heterocycles. The van der Waals surface area contributed by atoms with Crippen LogP contribution in [0, 0.1) is 6.92 Å². The third-order valence-corrected chi connectivity index (χ3v) is 3.23. The molecule has 1 amide bonds. The highest BCUT2D eigenvalue weighted by molar-refractivity contribution is 5.95. The molecule has 21 heavy (non-hydrogen) atoms. The number of anilines is 1. The summed E-state index contributed by atoms with van der Waals surface area (Å²) in [7, 11) is 1.61. The van der Waals surface area contributed by atoms with Crippen molar-refractivity contribution in [3.05, 3.63) is 11.4 Å². The number of esters is 1. The Bertz CT molecular complexity index is 525. The molecule has 1 aromatic heterocycles. The summed E-state index contributed by atoms with van der Waals surface area (Å²) in [5, 5.41) is 6.85. The minimum absolute atomic E-state index is 0.0488. The number of amides is 1. The molecule has 7 heteroatoms. The fourth-order valence-corrected chi connectivity index (χ4v) is 2.05. The summed E-state index contributed by atoms with van der Waals surface area (Å²) in [4.78, 5) is 24.0. The van der Waals surface area contributed by atoms with Crippen molar-refractivity contribution < 1.29 is 14.3 Å². The largest absolute Gasteiger partial charge is 0.448 e. The molecule has 0 bridgehead atoms. The second-order valence-electron chi connectivity index (χ2n) is 5.22. The standard InChI is InChI=1S/C14H24N4O3/c1-6-7-8(2)16-13(19)10(4)21-14(20)12-11(15)9(3)17-18(12)5/h8,10H,6-7,15H2,1-5H3,(H,16,19). The van der Waals surface area contributed by atoms with Crippen LogP contribution in [-0.2, 0) is 16.6 Å². The Hall–Kier alpha value is -2.05. The lowest BCUT2D eigenvalue weighted by Crippen LogP contribution is -2.40. The maximum Gasteiger partial charge on any atom is 0.359 e. The predicted molar refractivity (Wildman–Crippen MR) is 79.7 cm³/mol. The molecule has 1 aromatic rings. The molecular formula is C14H24N4O3. The minimum Gasteiger partial charge on any atom is -0.448 e. The van der Waals surface area contributed by atoms with Crippen LogP contribution < -0.4 is 11.1 Å². The lowest BCUT2D eigenvalue weighted by molar-refractivity contribution is -0.129. The fourth-order valence-electron chi connectivity index (χ4n) is 2.05. The minimum atomic E-state index is -0.883. The highest BCUT2D eigenvalue weighted by atomic mass is 16.5. The van der Waals surface area contributed by atoms with Crippen molar-refractivity contribution in [2.45, 2.75) is 52.7 Å². The van der Waals surface area contributed by atoms with Gasteiger partial charge in [-0.05, 0) is 27.2 Å². The lowest BCUT2D eigenvalue weighted by atomic mass is 10.2. The number of aryl methyl sites for hydroxylation is 2. The number of nitrogens with one attached hydrogen (secondary N) is 1. The van der Waals surface area contributed by atoms with Crippen molar-refractivity contribution in [1.29, 1.82) is 0 Å². The first kappa shape index (κ1) is 17.0. The van der Waals surface area contributed by atoms with E-state index >= 15 is 0 Å². The zero-order valence-corrected chi connectivity index (χ0v) is 13.3. The van der Waals surface area contributed by atoms with Gasteiger partial charge >= 0.3 is 5.97 Å². The normalized spacial score (nSPS) is 13.6. The summed E-state index contributed by atoms with van der Waals surface area (Å²) < 4.78 is 6.52. The summed E-state index contributed by atoms with van der Waals surface area (Å²) in [5.74, 6) is -0.969. The van der Waals surface area contributed by atoms with Crippen LogP contribution in [0.4, 0.5) is 5.69 Å². The molecule has 1 heterocycles. The van der Waals surface area contributed by atoms with Gasteiger partial charge in [-0.1, -0.05) is 13.3 Å². The monoisotopic (exact) mass is 296 g/mol. The zero-order valence-electron chi connectivity index (χ0n) is 13.3. The SMILES string of the molecule is CCCC(C)NC(=O)C(C)OC(=O)c1c(N)c(C)nn1C. The summed E-state index contributed by atoms with van der Waals surface area (Å²) in [6.45, 7) is 7.19. The first-order valence-electron chi connectivity index (χ1n) is 7.08. The summed E-state index contributed by atoms with van der Waals surface area (Å²) in [5.41, 5.74) is 6.78. The highest BCUT2D eigenvalue weighted by Gasteiger charge is 2.24. The van der Waals surface area contributed by atoms with Crippen molar-refractivity contribution in [3.8, 4) is 0 Å². The van der Waals surface area contributed by atoms with Crippen molar-refractivity contribution in [3.63, 3.8) is 0 Å². The molecule has 7 nitrogen and oxygen atoms in total. The van der Waals surface area contributed by atoms with Gasteiger partial charge in [0.2, 0.25) is 0 Å². The van der Waals surface area contributed by atoms with Crippen LogP contribution in [0.2, 0.25) is 0 Å². The number of carbonyl (C=O) groups is 2. The average molecular weight is 296 g/mol. The quantitative estimate of drug-likeness (QED) is 0.767. The van der Waals surface area contributed by atoms with Gasteiger partial charge in [0.1, 0.15) is 0 Å². The van der Waals surface area contributed by atoms with Gasteiger partial charge in [-0.15, -0.1) is 0 Å². The van der Waals surface area contributed by atoms with E-state index in [9.17, 15) is 9.59 Å². The topological polar surface area (TPSA) is 99.2 Å². The number of ether oxygens (including phenoxy) is 1. The molecule has 2 atom stereocenters. The Morgan fingerprint density at radius 2 is 2.05 bits per heavy atom. The molecule has 3 N–H and O–H groups in total. The van der Waals surface area contributed by atoms with E-state index in [1.165, 1.54) is 11.6 Å². The maximum absolute atomic E-state index is 12.1. The third-order valence-electron chi connectivity index (χ3n) is 3.23. The first-order chi connectivity index (χ1) is 9.77. The van der Waals surface area contributed by atoms with Crippen LogP contribution in [0.1, 0.15) is 49.8 Å². The lowest BCUT2D eigenvalue weighted by Gasteiger charge is -2.17. The van der Waals surface area contributed by atoms with Gasteiger partial charge < -0.3 is 15.8 Å². The van der Waals surface area contributed by atoms with Crippen LogP contribution >= 0.6 is 0 Å². The van der Waals surface area contributed by atoms with Gasteiger partial charge in [0, 0.05) is 13.1 Å². The first-order valence-corrected chi connectivity index (χ1v) is 7.08. The molecular weight excluding hydrogens is 272 g/mol. The molecule has 0 saturated carbocycles. The molecule has 0 fully saturated rings. The Balaban J connectivity index is 2.68. The number of nitrogens with zero attached hydrogens (tertiary/aromatic N) is 2. The summed E-state index contributed by atoms with van der Waals surface area (Å²) in [6.07, 6.45) is 0.965. The maximum atomic E-state index is 12.1. The van der Waals surface area contributed by atoms with Gasteiger partial charge in [0.25, 0.3) is 5.91 Å². The van der Waals surface area contributed by atoms with Crippen LogP contribution in [-0.4, -0.2) is 33.8 Å². The Kier molecular flexibility index (Phi) is 5.75. The molecule has 118 valence electrons. The van der Waals surface area contributed by atoms with Crippen LogP contribution in [0.25, 0.3) is 0 Å². The van der Waals surface area contributed by atoms with Crippen LogP contribution in [0.5, 0.6) is 0 Å². The molecule has 0 aliphatic carbocycles. The molecule has 0 aliphatic rings. The van der Waals surface area contributed by atoms with Crippen molar-refractivity contribution in [1.82, 2.24) is 15.1 Å². The van der Waals surface area contributed by atoms with Gasteiger partial charge in [-0.2, -0.15) is 5.10 Å². The fraction of sp³-hybridized carbons (Fsp3) is 0.643. The van der Waals surface area contributed by atoms with Gasteiger partial charge in [-0.25, -0.2) is 4.79 Å². The molecule has 0 saturated heterocycles. The van der Waals surface area contributed by atoms with E-state index in [0.717, 1.165) is 12.8 Å². The zero-order chi connectivity index (χ0) is 16.2. The number of carbonyl (C=O) groups excluding carboxylic acids is 2. The number of hydrogen-bond acceptors (Lipinski definition) is 5. The second-order valence-corrected chi connectivity index (χ2v) is 5.22. The Morgan fingerprint density at radius 3 is 2.52 bits per heavy atom. The number of nitrogens with two attached hydrogens (primary N) is 1. The van der Waals surface area contributed by atoms with Gasteiger partial charge in [0.05, 0.1) is 11.4 Å².